The average molecular weight is 234 g/mol. The van der Waals surface area contributed by atoms with E-state index in [9.17, 15) is 9.59 Å². The SMILES string of the molecule is COc1ccccc1OC(=O)C1=COC(=O)C1. The number of ether oxygens (including phenoxy) is 3. The topological polar surface area (TPSA) is 61.8 Å². The Hall–Kier alpha value is -2.30. The Bertz CT molecular complexity index is 489. The summed E-state index contributed by atoms with van der Waals surface area (Å²) >= 11 is 0. The van der Waals surface area contributed by atoms with Gasteiger partial charge in [0.2, 0.25) is 0 Å². The molecule has 2 rings (SSSR count). The van der Waals surface area contributed by atoms with Crippen LogP contribution in [0.3, 0.4) is 0 Å². The van der Waals surface area contributed by atoms with Gasteiger partial charge in [0.15, 0.2) is 11.5 Å². The van der Waals surface area contributed by atoms with Crippen LogP contribution in [-0.4, -0.2) is 19.0 Å². The number of benzene rings is 1. The van der Waals surface area contributed by atoms with E-state index in [0.29, 0.717) is 11.5 Å². The van der Waals surface area contributed by atoms with E-state index in [1.165, 1.54) is 7.11 Å². The summed E-state index contributed by atoms with van der Waals surface area (Å²) in [6, 6.07) is 6.76. The lowest BCUT2D eigenvalue weighted by Gasteiger charge is -2.07. The Morgan fingerprint density at radius 1 is 1.29 bits per heavy atom. The predicted molar refractivity (Wildman–Crippen MR) is 57.4 cm³/mol. The van der Waals surface area contributed by atoms with Gasteiger partial charge in [-0.2, -0.15) is 0 Å². The molecule has 0 atom stereocenters. The number of esters is 2. The summed E-state index contributed by atoms with van der Waals surface area (Å²) in [6.45, 7) is 0. The lowest BCUT2D eigenvalue weighted by molar-refractivity contribution is -0.136. The number of rotatable bonds is 3. The number of carbonyl (C=O) groups is 2. The van der Waals surface area contributed by atoms with Crippen LogP contribution in [0.15, 0.2) is 36.1 Å². The van der Waals surface area contributed by atoms with Gasteiger partial charge in [-0.15, -0.1) is 0 Å². The molecule has 5 nitrogen and oxygen atoms in total. The molecule has 1 heterocycles. The van der Waals surface area contributed by atoms with Crippen LogP contribution in [-0.2, 0) is 14.3 Å². The van der Waals surface area contributed by atoms with Gasteiger partial charge in [0.05, 0.1) is 19.1 Å². The van der Waals surface area contributed by atoms with E-state index in [2.05, 4.69) is 4.74 Å². The van der Waals surface area contributed by atoms with E-state index < -0.39 is 11.9 Å². The zero-order chi connectivity index (χ0) is 12.3. The van der Waals surface area contributed by atoms with Crippen molar-refractivity contribution in [2.24, 2.45) is 0 Å². The molecular formula is C12H10O5. The largest absolute Gasteiger partial charge is 0.493 e. The third-order valence-corrected chi connectivity index (χ3v) is 2.20. The number of hydrogen-bond donors (Lipinski definition) is 0. The van der Waals surface area contributed by atoms with Crippen molar-refractivity contribution in [2.45, 2.75) is 6.42 Å². The van der Waals surface area contributed by atoms with Crippen molar-refractivity contribution in [1.29, 1.82) is 0 Å². The first-order chi connectivity index (χ1) is 8.20. The number of cyclic esters (lactones) is 1. The predicted octanol–water partition coefficient (Wildman–Crippen LogP) is 1.43. The maximum Gasteiger partial charge on any atom is 0.343 e. The first kappa shape index (κ1) is 11.2. The van der Waals surface area contributed by atoms with Crippen LogP contribution in [0.4, 0.5) is 0 Å². The summed E-state index contributed by atoms with van der Waals surface area (Å²) in [5.74, 6) is -0.315. The third kappa shape index (κ3) is 2.44. The van der Waals surface area contributed by atoms with E-state index in [1.54, 1.807) is 24.3 Å². The van der Waals surface area contributed by atoms with Crippen LogP contribution in [0.1, 0.15) is 6.42 Å². The van der Waals surface area contributed by atoms with Crippen molar-refractivity contribution in [1.82, 2.24) is 0 Å². The Balaban J connectivity index is 2.11. The molecule has 5 heteroatoms. The zero-order valence-electron chi connectivity index (χ0n) is 9.14. The number of hydrogen-bond acceptors (Lipinski definition) is 5. The molecule has 1 aliphatic heterocycles. The van der Waals surface area contributed by atoms with Crippen molar-refractivity contribution in [2.75, 3.05) is 7.11 Å². The van der Waals surface area contributed by atoms with Crippen molar-refractivity contribution in [3.63, 3.8) is 0 Å². The molecule has 0 saturated heterocycles. The molecule has 0 aromatic heterocycles. The van der Waals surface area contributed by atoms with Crippen LogP contribution < -0.4 is 9.47 Å². The normalized spacial score (nSPS) is 13.9. The van der Waals surface area contributed by atoms with Crippen LogP contribution in [0.25, 0.3) is 0 Å². The Morgan fingerprint density at radius 2 is 2.00 bits per heavy atom. The highest BCUT2D eigenvalue weighted by atomic mass is 16.6. The van der Waals surface area contributed by atoms with E-state index in [-0.39, 0.29) is 12.0 Å². The highest BCUT2D eigenvalue weighted by Gasteiger charge is 2.23. The molecule has 0 unspecified atom stereocenters. The van der Waals surface area contributed by atoms with Crippen LogP contribution in [0.5, 0.6) is 11.5 Å². The monoisotopic (exact) mass is 234 g/mol. The summed E-state index contributed by atoms with van der Waals surface area (Å²) < 4.78 is 14.7. The van der Waals surface area contributed by atoms with Crippen molar-refractivity contribution in [3.8, 4) is 11.5 Å². The van der Waals surface area contributed by atoms with Gasteiger partial charge >= 0.3 is 11.9 Å². The molecule has 0 saturated carbocycles. The van der Waals surface area contributed by atoms with E-state index in [1.807, 2.05) is 0 Å². The van der Waals surface area contributed by atoms with Crippen LogP contribution in [0, 0.1) is 0 Å². The molecule has 0 spiro atoms. The van der Waals surface area contributed by atoms with Gasteiger partial charge in [-0.1, -0.05) is 12.1 Å². The molecule has 0 N–H and O–H groups in total. The lowest BCUT2D eigenvalue weighted by atomic mass is 10.2. The van der Waals surface area contributed by atoms with Gasteiger partial charge in [-0.25, -0.2) is 4.79 Å². The van der Waals surface area contributed by atoms with Gasteiger partial charge in [0.25, 0.3) is 0 Å². The van der Waals surface area contributed by atoms with Crippen LogP contribution >= 0.6 is 0 Å². The van der Waals surface area contributed by atoms with Crippen molar-refractivity contribution in [3.05, 3.63) is 36.1 Å². The molecular weight excluding hydrogens is 224 g/mol. The number of carbonyl (C=O) groups excluding carboxylic acids is 2. The number of para-hydroxylation sites is 2. The lowest BCUT2D eigenvalue weighted by Crippen LogP contribution is -2.11. The van der Waals surface area contributed by atoms with Gasteiger partial charge in [-0.05, 0) is 12.1 Å². The Morgan fingerprint density at radius 3 is 2.59 bits per heavy atom. The maximum absolute atomic E-state index is 11.7. The summed E-state index contributed by atoms with van der Waals surface area (Å²) in [7, 11) is 1.48. The van der Waals surface area contributed by atoms with Crippen LogP contribution in [0.2, 0.25) is 0 Å². The van der Waals surface area contributed by atoms with E-state index in [0.717, 1.165) is 6.26 Å². The molecule has 0 radical (unpaired) electrons. The quantitative estimate of drug-likeness (QED) is 0.584. The summed E-state index contributed by atoms with van der Waals surface area (Å²) in [4.78, 5) is 22.5. The highest BCUT2D eigenvalue weighted by Crippen LogP contribution is 2.27. The van der Waals surface area contributed by atoms with Crippen molar-refractivity contribution < 1.29 is 23.8 Å². The molecule has 88 valence electrons. The molecule has 0 amide bonds. The molecule has 1 aromatic carbocycles. The first-order valence-corrected chi connectivity index (χ1v) is 4.94. The minimum Gasteiger partial charge on any atom is -0.493 e. The van der Waals surface area contributed by atoms with Gasteiger partial charge in [0.1, 0.15) is 6.26 Å². The Labute approximate surface area is 97.6 Å². The standard InChI is InChI=1S/C12H10O5/c1-15-9-4-2-3-5-10(9)17-12(14)8-6-11(13)16-7-8/h2-5,7H,6H2,1H3. The fourth-order valence-electron chi connectivity index (χ4n) is 1.36. The fourth-order valence-corrected chi connectivity index (χ4v) is 1.36. The Kier molecular flexibility index (Phi) is 3.09. The van der Waals surface area contributed by atoms with Crippen molar-refractivity contribution >= 4 is 11.9 Å². The van der Waals surface area contributed by atoms with Gasteiger partial charge in [-0.3, -0.25) is 4.79 Å². The fraction of sp³-hybridized carbons (Fsp3) is 0.167. The average Bonchev–Trinajstić information content (AvgIpc) is 2.77. The smallest absolute Gasteiger partial charge is 0.343 e. The molecule has 1 aliphatic rings. The van der Waals surface area contributed by atoms with E-state index >= 15 is 0 Å². The van der Waals surface area contributed by atoms with Gasteiger partial charge < -0.3 is 14.2 Å². The second-order valence-corrected chi connectivity index (χ2v) is 3.35. The molecule has 0 aliphatic carbocycles. The van der Waals surface area contributed by atoms with E-state index in [4.69, 9.17) is 9.47 Å². The minimum atomic E-state index is -0.611. The second kappa shape index (κ2) is 4.69. The molecule has 0 bridgehead atoms. The summed E-state index contributed by atoms with van der Waals surface area (Å²) in [5.41, 5.74) is 0.195. The zero-order valence-corrected chi connectivity index (χ0v) is 9.14. The van der Waals surface area contributed by atoms with Gasteiger partial charge in [0, 0.05) is 0 Å². The molecule has 1 aromatic rings. The third-order valence-electron chi connectivity index (χ3n) is 2.20. The second-order valence-electron chi connectivity index (χ2n) is 3.35. The number of methoxy groups -OCH3 is 1. The summed E-state index contributed by atoms with van der Waals surface area (Å²) in [5, 5.41) is 0. The molecule has 0 fully saturated rings. The highest BCUT2D eigenvalue weighted by molar-refractivity contribution is 5.97. The summed E-state index contributed by atoms with van der Waals surface area (Å²) in [6.07, 6.45) is 1.05. The molecule has 17 heavy (non-hydrogen) atoms. The first-order valence-electron chi connectivity index (χ1n) is 4.94. The minimum absolute atomic E-state index is 0.0615. The maximum atomic E-state index is 11.7.